The first-order chi connectivity index (χ1) is 8.21. The van der Waals surface area contributed by atoms with Crippen molar-refractivity contribution < 1.29 is 4.74 Å². The Balaban J connectivity index is 1.72. The van der Waals surface area contributed by atoms with E-state index in [2.05, 4.69) is 31.2 Å². The second-order valence-electron chi connectivity index (χ2n) is 5.56. The Hall–Kier alpha value is -0.690. The molecule has 0 bridgehead atoms. The molecule has 1 nitrogen and oxygen atoms in total. The molecule has 17 heavy (non-hydrogen) atoms. The van der Waals surface area contributed by atoms with Crippen LogP contribution in [0.2, 0.25) is 0 Å². The van der Waals surface area contributed by atoms with Gasteiger partial charge in [-0.3, -0.25) is 0 Å². The van der Waals surface area contributed by atoms with Gasteiger partial charge >= 0.3 is 0 Å². The Morgan fingerprint density at radius 1 is 1.18 bits per heavy atom. The van der Waals surface area contributed by atoms with Crippen LogP contribution < -0.4 is 4.74 Å². The van der Waals surface area contributed by atoms with Crippen LogP contribution in [0.25, 0.3) is 0 Å². The average Bonchev–Trinajstić information content (AvgIpc) is 2.83. The molecular formula is C15H19ClO. The highest BCUT2D eigenvalue weighted by Crippen LogP contribution is 2.57. The monoisotopic (exact) mass is 250 g/mol. The summed E-state index contributed by atoms with van der Waals surface area (Å²) in [6.45, 7) is 2.10. The zero-order chi connectivity index (χ0) is 11.9. The number of benzene rings is 1. The molecule has 1 aromatic carbocycles. The first-order valence-corrected chi connectivity index (χ1v) is 7.02. The highest BCUT2D eigenvalue weighted by Gasteiger charge is 2.56. The van der Waals surface area contributed by atoms with E-state index in [1.807, 2.05) is 0 Å². The quantitative estimate of drug-likeness (QED) is 0.711. The molecule has 2 aliphatic rings. The normalized spacial score (nSPS) is 30.2. The van der Waals surface area contributed by atoms with Gasteiger partial charge < -0.3 is 4.74 Å². The summed E-state index contributed by atoms with van der Waals surface area (Å²) >= 11 is 6.42. The number of aryl methyl sites for hydroxylation is 1. The summed E-state index contributed by atoms with van der Waals surface area (Å²) in [5.41, 5.74) is 1.56. The summed E-state index contributed by atoms with van der Waals surface area (Å²) in [5.74, 6) is 0.996. The Labute approximate surface area is 108 Å². The van der Waals surface area contributed by atoms with Gasteiger partial charge in [-0.2, -0.15) is 0 Å². The number of rotatable bonds is 2. The van der Waals surface area contributed by atoms with E-state index in [0.717, 1.165) is 12.2 Å². The molecule has 0 radical (unpaired) electrons. The van der Waals surface area contributed by atoms with Crippen molar-refractivity contribution in [2.75, 3.05) is 0 Å². The zero-order valence-corrected chi connectivity index (χ0v) is 11.0. The van der Waals surface area contributed by atoms with Gasteiger partial charge in [-0.25, -0.2) is 0 Å². The summed E-state index contributed by atoms with van der Waals surface area (Å²) in [6, 6.07) is 8.35. The smallest absolute Gasteiger partial charge is 0.119 e. The fourth-order valence-electron chi connectivity index (χ4n) is 3.31. The predicted octanol–water partition coefficient (Wildman–Crippen LogP) is 4.31. The zero-order valence-electron chi connectivity index (χ0n) is 10.3. The third kappa shape index (κ3) is 1.85. The second kappa shape index (κ2) is 4.20. The lowest BCUT2D eigenvalue weighted by Crippen LogP contribution is -2.55. The minimum atomic E-state index is 0.284. The number of alkyl halides is 1. The maximum atomic E-state index is 6.42. The van der Waals surface area contributed by atoms with Crippen LogP contribution in [0.15, 0.2) is 24.3 Å². The molecule has 1 spiro atoms. The van der Waals surface area contributed by atoms with E-state index in [9.17, 15) is 0 Å². The summed E-state index contributed by atoms with van der Waals surface area (Å²) in [7, 11) is 0. The minimum absolute atomic E-state index is 0.284. The lowest BCUT2D eigenvalue weighted by atomic mass is 9.64. The Kier molecular flexibility index (Phi) is 2.82. The Morgan fingerprint density at radius 3 is 2.41 bits per heavy atom. The van der Waals surface area contributed by atoms with Gasteiger partial charge in [-0.1, -0.05) is 30.5 Å². The number of hydrogen-bond donors (Lipinski definition) is 0. The van der Waals surface area contributed by atoms with E-state index in [1.165, 1.54) is 31.2 Å². The molecule has 92 valence electrons. The largest absolute Gasteiger partial charge is 0.490 e. The summed E-state index contributed by atoms with van der Waals surface area (Å²) < 4.78 is 6.13. The van der Waals surface area contributed by atoms with Crippen molar-refractivity contribution in [2.45, 2.75) is 50.5 Å². The van der Waals surface area contributed by atoms with Crippen LogP contribution in [0.3, 0.4) is 0 Å². The van der Waals surface area contributed by atoms with Crippen molar-refractivity contribution in [1.29, 1.82) is 0 Å². The van der Waals surface area contributed by atoms with Crippen molar-refractivity contribution in [3.8, 4) is 5.75 Å². The van der Waals surface area contributed by atoms with Gasteiger partial charge in [-0.05, 0) is 31.9 Å². The molecule has 0 aromatic heterocycles. The molecule has 2 unspecified atom stereocenters. The van der Waals surface area contributed by atoms with E-state index in [1.54, 1.807) is 0 Å². The van der Waals surface area contributed by atoms with Gasteiger partial charge in [0, 0.05) is 17.2 Å². The van der Waals surface area contributed by atoms with E-state index in [-0.39, 0.29) is 5.41 Å². The van der Waals surface area contributed by atoms with Crippen molar-refractivity contribution >= 4 is 11.6 Å². The van der Waals surface area contributed by atoms with Crippen molar-refractivity contribution in [1.82, 2.24) is 0 Å². The summed E-state index contributed by atoms with van der Waals surface area (Å²) in [4.78, 5) is 0. The number of hydrogen-bond acceptors (Lipinski definition) is 1. The Morgan fingerprint density at radius 2 is 1.82 bits per heavy atom. The third-order valence-electron chi connectivity index (χ3n) is 4.52. The molecule has 0 saturated heterocycles. The van der Waals surface area contributed by atoms with Gasteiger partial charge in [0.25, 0.3) is 0 Å². The van der Waals surface area contributed by atoms with Gasteiger partial charge in [0.15, 0.2) is 0 Å². The topological polar surface area (TPSA) is 9.23 Å². The molecule has 2 atom stereocenters. The molecule has 2 aliphatic carbocycles. The van der Waals surface area contributed by atoms with Gasteiger partial charge in [-0.15, -0.1) is 11.6 Å². The molecule has 2 heteroatoms. The minimum Gasteiger partial charge on any atom is -0.490 e. The lowest BCUT2D eigenvalue weighted by Gasteiger charge is -2.50. The maximum absolute atomic E-state index is 6.42. The Bertz CT molecular complexity index is 392. The number of halogens is 1. The first-order valence-electron chi connectivity index (χ1n) is 6.58. The van der Waals surface area contributed by atoms with Crippen molar-refractivity contribution in [3.05, 3.63) is 29.8 Å². The summed E-state index contributed by atoms with van der Waals surface area (Å²) in [6.07, 6.45) is 6.48. The standard InChI is InChI=1S/C15H19ClO/c1-11-4-6-12(7-5-11)17-14-10-13(16)15(14)8-2-3-9-15/h4-7,13-14H,2-3,8-10H2,1H3. The van der Waals surface area contributed by atoms with Gasteiger partial charge in [0.05, 0.1) is 0 Å². The van der Waals surface area contributed by atoms with E-state index >= 15 is 0 Å². The lowest BCUT2D eigenvalue weighted by molar-refractivity contribution is -0.0355. The highest BCUT2D eigenvalue weighted by atomic mass is 35.5. The van der Waals surface area contributed by atoms with E-state index < -0.39 is 0 Å². The predicted molar refractivity (Wildman–Crippen MR) is 70.8 cm³/mol. The van der Waals surface area contributed by atoms with Crippen LogP contribution in [0.5, 0.6) is 5.75 Å². The maximum Gasteiger partial charge on any atom is 0.119 e. The van der Waals surface area contributed by atoms with Crippen LogP contribution in [0.4, 0.5) is 0 Å². The van der Waals surface area contributed by atoms with Crippen LogP contribution in [0, 0.1) is 12.3 Å². The molecule has 2 fully saturated rings. The molecule has 0 N–H and O–H groups in total. The molecule has 0 aliphatic heterocycles. The number of ether oxygens (including phenoxy) is 1. The van der Waals surface area contributed by atoms with Crippen LogP contribution >= 0.6 is 11.6 Å². The molecule has 2 saturated carbocycles. The molecule has 0 amide bonds. The molecular weight excluding hydrogens is 232 g/mol. The second-order valence-corrected chi connectivity index (χ2v) is 6.09. The van der Waals surface area contributed by atoms with Crippen molar-refractivity contribution in [2.24, 2.45) is 5.41 Å². The van der Waals surface area contributed by atoms with Crippen molar-refractivity contribution in [3.63, 3.8) is 0 Å². The average molecular weight is 251 g/mol. The molecule has 0 heterocycles. The molecule has 3 rings (SSSR count). The summed E-state index contributed by atoms with van der Waals surface area (Å²) in [5, 5.41) is 0.334. The highest BCUT2D eigenvalue weighted by molar-refractivity contribution is 6.21. The SMILES string of the molecule is Cc1ccc(OC2CC(Cl)C23CCCC3)cc1. The first kappa shape index (κ1) is 11.4. The fourth-order valence-corrected chi connectivity index (χ4v) is 3.83. The van der Waals surface area contributed by atoms with Gasteiger partial charge in [0.1, 0.15) is 11.9 Å². The fraction of sp³-hybridized carbons (Fsp3) is 0.600. The van der Waals surface area contributed by atoms with Crippen LogP contribution in [-0.4, -0.2) is 11.5 Å². The van der Waals surface area contributed by atoms with Crippen LogP contribution in [-0.2, 0) is 0 Å². The van der Waals surface area contributed by atoms with E-state index in [4.69, 9.17) is 16.3 Å². The molecule has 1 aromatic rings. The van der Waals surface area contributed by atoms with Crippen LogP contribution in [0.1, 0.15) is 37.7 Å². The third-order valence-corrected chi connectivity index (χ3v) is 5.13. The van der Waals surface area contributed by atoms with E-state index in [0.29, 0.717) is 11.5 Å². The van der Waals surface area contributed by atoms with Gasteiger partial charge in [0.2, 0.25) is 0 Å².